The number of rotatable bonds is 4. The molecule has 1 unspecified atom stereocenters. The van der Waals surface area contributed by atoms with E-state index >= 15 is 0 Å². The van der Waals surface area contributed by atoms with E-state index in [4.69, 9.17) is 5.11 Å². The molecule has 0 amide bonds. The molecule has 1 saturated heterocycles. The van der Waals surface area contributed by atoms with Gasteiger partial charge in [0, 0.05) is 30.7 Å². The summed E-state index contributed by atoms with van der Waals surface area (Å²) in [7, 11) is 1.83. The molecule has 142 valence electrons. The summed E-state index contributed by atoms with van der Waals surface area (Å²) in [6.45, 7) is 3.24. The molecule has 2 aromatic rings. The molecule has 0 bridgehead atoms. The number of anilines is 1. The van der Waals surface area contributed by atoms with Gasteiger partial charge in [0.05, 0.1) is 23.3 Å². The van der Waals surface area contributed by atoms with Crippen molar-refractivity contribution in [3.05, 3.63) is 35.3 Å². The van der Waals surface area contributed by atoms with Crippen molar-refractivity contribution in [1.29, 1.82) is 5.26 Å². The molecule has 1 aliphatic rings. The van der Waals surface area contributed by atoms with Crippen molar-refractivity contribution in [1.82, 2.24) is 9.88 Å². The molecule has 1 aromatic heterocycles. The number of benzene rings is 1. The number of nitriles is 1. The maximum absolute atomic E-state index is 14.1. The van der Waals surface area contributed by atoms with Crippen LogP contribution in [-0.4, -0.2) is 53.7 Å². The zero-order chi connectivity index (χ0) is 19.6. The Morgan fingerprint density at radius 3 is 2.93 bits per heavy atom. The van der Waals surface area contributed by atoms with Crippen LogP contribution in [-0.2, 0) is 4.79 Å². The Bertz CT molecular complexity index is 909. The van der Waals surface area contributed by atoms with Crippen molar-refractivity contribution in [3.8, 4) is 6.07 Å². The Labute approximate surface area is 157 Å². The van der Waals surface area contributed by atoms with E-state index in [9.17, 15) is 14.4 Å². The molecule has 0 saturated carbocycles. The smallest absolute Gasteiger partial charge is 0.317 e. The zero-order valence-electron chi connectivity index (χ0n) is 15.6. The Morgan fingerprint density at radius 1 is 1.44 bits per heavy atom. The molecule has 27 heavy (non-hydrogen) atoms. The van der Waals surface area contributed by atoms with Crippen molar-refractivity contribution in [2.75, 3.05) is 31.6 Å². The molecule has 1 aromatic carbocycles. The maximum atomic E-state index is 14.1. The average molecular weight is 370 g/mol. The van der Waals surface area contributed by atoms with Crippen molar-refractivity contribution in [2.24, 2.45) is 0 Å². The SMILES string of the molecule is Cc1cc(F)cc2c(N3CCCC(N(C)CC(=O)O)CC3)c(C#N)cnc12. The van der Waals surface area contributed by atoms with Crippen LogP contribution in [0.25, 0.3) is 10.9 Å². The van der Waals surface area contributed by atoms with E-state index in [2.05, 4.69) is 16.0 Å². The third-order valence-corrected chi connectivity index (χ3v) is 5.24. The first-order valence-electron chi connectivity index (χ1n) is 9.06. The van der Waals surface area contributed by atoms with E-state index in [0.717, 1.165) is 37.1 Å². The molecule has 6 nitrogen and oxygen atoms in total. The number of carbonyl (C=O) groups is 1. The van der Waals surface area contributed by atoms with Gasteiger partial charge >= 0.3 is 5.97 Å². The third-order valence-electron chi connectivity index (χ3n) is 5.24. The second-order valence-corrected chi connectivity index (χ2v) is 7.13. The van der Waals surface area contributed by atoms with Crippen LogP contribution in [0, 0.1) is 24.1 Å². The van der Waals surface area contributed by atoms with Gasteiger partial charge in [-0.3, -0.25) is 14.7 Å². The van der Waals surface area contributed by atoms with Gasteiger partial charge in [0.1, 0.15) is 11.9 Å². The lowest BCUT2D eigenvalue weighted by atomic mass is 10.0. The minimum Gasteiger partial charge on any atom is -0.480 e. The fraction of sp³-hybridized carbons (Fsp3) is 0.450. The first-order chi connectivity index (χ1) is 12.9. The van der Waals surface area contributed by atoms with Crippen LogP contribution in [0.2, 0.25) is 0 Å². The Kier molecular flexibility index (Phi) is 5.57. The second-order valence-electron chi connectivity index (χ2n) is 7.13. The molecule has 1 N–H and O–H groups in total. The minimum atomic E-state index is -0.837. The standard InChI is InChI=1S/C20H23FN4O2/c1-13-8-15(21)9-17-19(13)23-11-14(10-22)20(17)25-6-3-4-16(5-7-25)24(2)12-18(26)27/h8-9,11,16H,3-7,12H2,1-2H3,(H,26,27). The number of aryl methyl sites for hydroxylation is 1. The number of nitrogens with zero attached hydrogens (tertiary/aromatic N) is 4. The van der Waals surface area contributed by atoms with Crippen LogP contribution < -0.4 is 4.90 Å². The topological polar surface area (TPSA) is 80.5 Å². The van der Waals surface area contributed by atoms with Gasteiger partial charge in [-0.05, 0) is 50.9 Å². The zero-order valence-corrected chi connectivity index (χ0v) is 15.6. The summed E-state index contributed by atoms with van der Waals surface area (Å²) in [5.41, 5.74) is 2.61. The fourth-order valence-corrected chi connectivity index (χ4v) is 3.93. The number of hydrogen-bond donors (Lipinski definition) is 1. The number of halogens is 1. The highest BCUT2D eigenvalue weighted by atomic mass is 19.1. The molecule has 1 atom stereocenters. The fourth-order valence-electron chi connectivity index (χ4n) is 3.93. The van der Waals surface area contributed by atoms with E-state index in [-0.39, 0.29) is 18.4 Å². The van der Waals surface area contributed by atoms with E-state index < -0.39 is 5.97 Å². The van der Waals surface area contributed by atoms with Gasteiger partial charge in [-0.2, -0.15) is 5.26 Å². The lowest BCUT2D eigenvalue weighted by Crippen LogP contribution is -2.36. The maximum Gasteiger partial charge on any atom is 0.317 e. The number of pyridine rings is 1. The Balaban J connectivity index is 1.95. The normalized spacial score (nSPS) is 17.7. The first-order valence-corrected chi connectivity index (χ1v) is 9.06. The average Bonchev–Trinajstić information content (AvgIpc) is 2.86. The van der Waals surface area contributed by atoms with Crippen LogP contribution in [0.5, 0.6) is 0 Å². The number of aliphatic carboxylic acids is 1. The lowest BCUT2D eigenvalue weighted by molar-refractivity contribution is -0.138. The summed E-state index contributed by atoms with van der Waals surface area (Å²) in [5, 5.41) is 19.3. The van der Waals surface area contributed by atoms with Crippen molar-refractivity contribution >= 4 is 22.6 Å². The summed E-state index contributed by atoms with van der Waals surface area (Å²) in [6.07, 6.45) is 4.10. The number of hydrogen-bond acceptors (Lipinski definition) is 5. The number of fused-ring (bicyclic) bond motifs is 1. The molecule has 3 rings (SSSR count). The number of likely N-dealkylation sites (N-methyl/N-ethyl adjacent to an activating group) is 1. The summed E-state index contributed by atoms with van der Waals surface area (Å²) in [5.74, 6) is -1.18. The van der Waals surface area contributed by atoms with E-state index in [0.29, 0.717) is 23.0 Å². The van der Waals surface area contributed by atoms with Crippen LogP contribution in [0.1, 0.15) is 30.4 Å². The van der Waals surface area contributed by atoms with Gasteiger partial charge in [0.25, 0.3) is 0 Å². The largest absolute Gasteiger partial charge is 0.480 e. The number of aromatic nitrogens is 1. The first kappa shape index (κ1) is 19.1. The molecule has 1 aliphatic heterocycles. The van der Waals surface area contributed by atoms with Gasteiger partial charge < -0.3 is 10.0 Å². The Hall–Kier alpha value is -2.72. The minimum absolute atomic E-state index is 0.0106. The van der Waals surface area contributed by atoms with E-state index in [1.807, 2.05) is 18.9 Å². The van der Waals surface area contributed by atoms with Gasteiger partial charge in [0.15, 0.2) is 0 Å². The highest BCUT2D eigenvalue weighted by Gasteiger charge is 2.24. The quantitative estimate of drug-likeness (QED) is 0.891. The van der Waals surface area contributed by atoms with Crippen molar-refractivity contribution in [3.63, 3.8) is 0 Å². The molecule has 0 aliphatic carbocycles. The summed E-state index contributed by atoms with van der Waals surface area (Å²) < 4.78 is 14.1. The van der Waals surface area contributed by atoms with Crippen LogP contribution >= 0.6 is 0 Å². The number of carboxylic acid groups (broad SMARTS) is 1. The molecular weight excluding hydrogens is 347 g/mol. The monoisotopic (exact) mass is 370 g/mol. The number of carboxylic acids is 1. The molecular formula is C20H23FN4O2. The highest BCUT2D eigenvalue weighted by molar-refractivity contribution is 5.96. The van der Waals surface area contributed by atoms with Crippen LogP contribution in [0.4, 0.5) is 10.1 Å². The highest BCUT2D eigenvalue weighted by Crippen LogP contribution is 2.33. The molecule has 1 fully saturated rings. The lowest BCUT2D eigenvalue weighted by Gasteiger charge is -2.27. The van der Waals surface area contributed by atoms with Gasteiger partial charge in [0.2, 0.25) is 0 Å². The molecule has 0 spiro atoms. The summed E-state index contributed by atoms with van der Waals surface area (Å²) in [4.78, 5) is 19.3. The third kappa shape index (κ3) is 4.01. The van der Waals surface area contributed by atoms with Crippen molar-refractivity contribution < 1.29 is 14.3 Å². The molecule has 7 heteroatoms. The van der Waals surface area contributed by atoms with E-state index in [1.54, 1.807) is 6.20 Å². The predicted octanol–water partition coefficient (Wildman–Crippen LogP) is 2.93. The van der Waals surface area contributed by atoms with Crippen LogP contribution in [0.15, 0.2) is 18.3 Å². The summed E-state index contributed by atoms with van der Waals surface area (Å²) in [6, 6.07) is 5.26. The van der Waals surface area contributed by atoms with E-state index in [1.165, 1.54) is 12.1 Å². The van der Waals surface area contributed by atoms with Gasteiger partial charge in [-0.15, -0.1) is 0 Å². The van der Waals surface area contributed by atoms with Gasteiger partial charge in [-0.25, -0.2) is 4.39 Å². The van der Waals surface area contributed by atoms with Crippen LogP contribution in [0.3, 0.4) is 0 Å². The predicted molar refractivity (Wildman–Crippen MR) is 101 cm³/mol. The molecule has 2 heterocycles. The molecule has 0 radical (unpaired) electrons. The van der Waals surface area contributed by atoms with Gasteiger partial charge in [-0.1, -0.05) is 0 Å². The van der Waals surface area contributed by atoms with Crippen molar-refractivity contribution in [2.45, 2.75) is 32.2 Å². The second kappa shape index (κ2) is 7.89. The Morgan fingerprint density at radius 2 is 2.22 bits per heavy atom. The summed E-state index contributed by atoms with van der Waals surface area (Å²) >= 11 is 0.